The summed E-state index contributed by atoms with van der Waals surface area (Å²) in [6, 6.07) is 8.17. The van der Waals surface area contributed by atoms with Gasteiger partial charge in [0.05, 0.1) is 12.5 Å². The van der Waals surface area contributed by atoms with Crippen LogP contribution < -0.4 is 15.4 Å². The van der Waals surface area contributed by atoms with Crippen molar-refractivity contribution >= 4 is 5.91 Å². The zero-order chi connectivity index (χ0) is 14.4. The molecule has 0 aliphatic carbocycles. The van der Waals surface area contributed by atoms with Gasteiger partial charge in [0.25, 0.3) is 0 Å². The zero-order valence-corrected chi connectivity index (χ0v) is 12.3. The van der Waals surface area contributed by atoms with E-state index in [4.69, 9.17) is 4.74 Å². The molecule has 2 N–H and O–H groups in total. The number of nitrogens with one attached hydrogen (secondary N) is 2. The quantitative estimate of drug-likeness (QED) is 0.834. The summed E-state index contributed by atoms with van der Waals surface area (Å²) in [4.78, 5) is 12.0. The van der Waals surface area contributed by atoms with Gasteiger partial charge in [-0.3, -0.25) is 4.79 Å². The second kappa shape index (κ2) is 7.29. The largest absolute Gasteiger partial charge is 0.491 e. The van der Waals surface area contributed by atoms with E-state index in [2.05, 4.69) is 10.6 Å². The number of para-hydroxylation sites is 1. The van der Waals surface area contributed by atoms with Crippen LogP contribution in [0.25, 0.3) is 0 Å². The van der Waals surface area contributed by atoms with Gasteiger partial charge in [0.2, 0.25) is 5.91 Å². The first-order valence-electron chi connectivity index (χ1n) is 7.40. The van der Waals surface area contributed by atoms with Gasteiger partial charge < -0.3 is 15.4 Å². The second-order valence-corrected chi connectivity index (χ2v) is 5.55. The van der Waals surface area contributed by atoms with Crippen molar-refractivity contribution < 1.29 is 9.53 Å². The molecule has 1 aliphatic heterocycles. The third-order valence-electron chi connectivity index (χ3n) is 3.39. The Bertz CT molecular complexity index is 440. The van der Waals surface area contributed by atoms with Crippen molar-refractivity contribution in [1.82, 2.24) is 10.6 Å². The number of rotatable bonds is 6. The van der Waals surface area contributed by atoms with E-state index >= 15 is 0 Å². The molecule has 1 saturated heterocycles. The minimum atomic E-state index is 0.0542. The lowest BCUT2D eigenvalue weighted by atomic mass is 10.1. The van der Waals surface area contributed by atoms with Crippen molar-refractivity contribution in [3.63, 3.8) is 0 Å². The molecule has 1 fully saturated rings. The predicted molar refractivity (Wildman–Crippen MR) is 79.9 cm³/mol. The number of hydrogen-bond donors (Lipinski definition) is 2. The molecule has 0 saturated carbocycles. The summed E-state index contributed by atoms with van der Waals surface area (Å²) in [6.45, 7) is 5.75. The standard InChI is InChI=1S/C16H24N2O2/c1-12(2)20-15-8-4-3-6-13(15)10-16(19)18-11-14-7-5-9-17-14/h3-4,6,8,12,14,17H,5,7,9-11H2,1-2H3,(H,18,19)/t14-/m0/s1. The Balaban J connectivity index is 1.86. The highest BCUT2D eigenvalue weighted by Crippen LogP contribution is 2.19. The summed E-state index contributed by atoms with van der Waals surface area (Å²) in [5.41, 5.74) is 0.943. The number of carbonyl (C=O) groups is 1. The Hall–Kier alpha value is -1.55. The first-order chi connectivity index (χ1) is 9.65. The summed E-state index contributed by atoms with van der Waals surface area (Å²) >= 11 is 0. The number of amides is 1. The maximum absolute atomic E-state index is 12.0. The van der Waals surface area contributed by atoms with E-state index < -0.39 is 0 Å². The van der Waals surface area contributed by atoms with Gasteiger partial charge in [0, 0.05) is 18.2 Å². The van der Waals surface area contributed by atoms with E-state index in [9.17, 15) is 4.79 Å². The molecule has 0 unspecified atom stereocenters. The van der Waals surface area contributed by atoms with Gasteiger partial charge >= 0.3 is 0 Å². The van der Waals surface area contributed by atoms with Crippen LogP contribution in [-0.2, 0) is 11.2 Å². The third kappa shape index (κ3) is 4.53. The molecular formula is C16H24N2O2. The van der Waals surface area contributed by atoms with Gasteiger partial charge in [-0.15, -0.1) is 0 Å². The van der Waals surface area contributed by atoms with Crippen LogP contribution in [0.15, 0.2) is 24.3 Å². The topological polar surface area (TPSA) is 50.4 Å². The Kier molecular flexibility index (Phi) is 5.41. The van der Waals surface area contributed by atoms with E-state index in [-0.39, 0.29) is 12.0 Å². The molecule has 0 radical (unpaired) electrons. The van der Waals surface area contributed by atoms with E-state index in [0.29, 0.717) is 19.0 Å². The monoisotopic (exact) mass is 276 g/mol. The molecule has 1 aliphatic rings. The van der Waals surface area contributed by atoms with Crippen molar-refractivity contribution in [3.05, 3.63) is 29.8 Å². The lowest BCUT2D eigenvalue weighted by molar-refractivity contribution is -0.120. The van der Waals surface area contributed by atoms with Gasteiger partial charge in [-0.05, 0) is 39.3 Å². The smallest absolute Gasteiger partial charge is 0.224 e. The number of ether oxygens (including phenoxy) is 1. The summed E-state index contributed by atoms with van der Waals surface area (Å²) in [5.74, 6) is 0.857. The van der Waals surface area contributed by atoms with Crippen LogP contribution in [0.5, 0.6) is 5.75 Å². The van der Waals surface area contributed by atoms with Crippen molar-refractivity contribution in [2.45, 2.75) is 45.3 Å². The van der Waals surface area contributed by atoms with E-state index in [1.807, 2.05) is 38.1 Å². The second-order valence-electron chi connectivity index (χ2n) is 5.55. The van der Waals surface area contributed by atoms with Crippen molar-refractivity contribution in [2.75, 3.05) is 13.1 Å². The van der Waals surface area contributed by atoms with E-state index in [1.165, 1.54) is 6.42 Å². The van der Waals surface area contributed by atoms with Crippen LogP contribution in [0.2, 0.25) is 0 Å². The van der Waals surface area contributed by atoms with E-state index in [0.717, 1.165) is 24.3 Å². The summed E-state index contributed by atoms with van der Waals surface area (Å²) < 4.78 is 5.73. The highest BCUT2D eigenvalue weighted by atomic mass is 16.5. The molecule has 1 heterocycles. The lowest BCUT2D eigenvalue weighted by Crippen LogP contribution is -2.37. The number of benzene rings is 1. The Morgan fingerprint density at radius 1 is 1.45 bits per heavy atom. The normalized spacial score (nSPS) is 18.2. The van der Waals surface area contributed by atoms with Crippen LogP contribution in [0.1, 0.15) is 32.3 Å². The molecule has 0 bridgehead atoms. The predicted octanol–water partition coefficient (Wildman–Crippen LogP) is 1.88. The maximum Gasteiger partial charge on any atom is 0.224 e. The molecule has 0 aromatic heterocycles. The molecule has 1 amide bonds. The van der Waals surface area contributed by atoms with Gasteiger partial charge in [-0.25, -0.2) is 0 Å². The Morgan fingerprint density at radius 3 is 2.95 bits per heavy atom. The fourth-order valence-electron chi connectivity index (χ4n) is 2.42. The fourth-order valence-corrected chi connectivity index (χ4v) is 2.42. The zero-order valence-electron chi connectivity index (χ0n) is 12.3. The highest BCUT2D eigenvalue weighted by Gasteiger charge is 2.15. The Labute approximate surface area is 120 Å². The van der Waals surface area contributed by atoms with Gasteiger partial charge in [0.15, 0.2) is 0 Å². The molecular weight excluding hydrogens is 252 g/mol. The van der Waals surface area contributed by atoms with Crippen LogP contribution in [0, 0.1) is 0 Å². The molecule has 1 atom stereocenters. The molecule has 110 valence electrons. The summed E-state index contributed by atoms with van der Waals surface area (Å²) in [5, 5.41) is 6.37. The average Bonchev–Trinajstić information content (AvgIpc) is 2.91. The summed E-state index contributed by atoms with van der Waals surface area (Å²) in [7, 11) is 0. The van der Waals surface area contributed by atoms with Gasteiger partial charge in [0.1, 0.15) is 5.75 Å². The Morgan fingerprint density at radius 2 is 2.25 bits per heavy atom. The van der Waals surface area contributed by atoms with Crippen LogP contribution in [0.4, 0.5) is 0 Å². The fraction of sp³-hybridized carbons (Fsp3) is 0.562. The average molecular weight is 276 g/mol. The van der Waals surface area contributed by atoms with E-state index in [1.54, 1.807) is 0 Å². The molecule has 4 nitrogen and oxygen atoms in total. The minimum Gasteiger partial charge on any atom is -0.491 e. The summed E-state index contributed by atoms with van der Waals surface area (Å²) in [6.07, 6.45) is 2.83. The number of hydrogen-bond acceptors (Lipinski definition) is 3. The molecule has 2 rings (SSSR count). The van der Waals surface area contributed by atoms with Crippen LogP contribution in [0.3, 0.4) is 0 Å². The van der Waals surface area contributed by atoms with Crippen molar-refractivity contribution in [3.8, 4) is 5.75 Å². The van der Waals surface area contributed by atoms with Crippen molar-refractivity contribution in [2.24, 2.45) is 0 Å². The van der Waals surface area contributed by atoms with Crippen LogP contribution in [-0.4, -0.2) is 31.1 Å². The first-order valence-corrected chi connectivity index (χ1v) is 7.40. The first kappa shape index (κ1) is 14.9. The van der Waals surface area contributed by atoms with Crippen LogP contribution >= 0.6 is 0 Å². The molecule has 0 spiro atoms. The lowest BCUT2D eigenvalue weighted by Gasteiger charge is -2.15. The SMILES string of the molecule is CC(C)Oc1ccccc1CC(=O)NC[C@@H]1CCCN1. The molecule has 1 aromatic carbocycles. The number of carbonyl (C=O) groups excluding carboxylic acids is 1. The van der Waals surface area contributed by atoms with Crippen molar-refractivity contribution in [1.29, 1.82) is 0 Å². The van der Waals surface area contributed by atoms with Gasteiger partial charge in [-0.1, -0.05) is 18.2 Å². The molecule has 1 aromatic rings. The molecule has 20 heavy (non-hydrogen) atoms. The minimum absolute atomic E-state index is 0.0542. The van der Waals surface area contributed by atoms with Gasteiger partial charge in [-0.2, -0.15) is 0 Å². The highest BCUT2D eigenvalue weighted by molar-refractivity contribution is 5.79. The third-order valence-corrected chi connectivity index (χ3v) is 3.39. The maximum atomic E-state index is 12.0. The molecule has 4 heteroatoms.